The molecule has 2 aliphatic carbocycles. The second-order valence-electron chi connectivity index (χ2n) is 4.79. The summed E-state index contributed by atoms with van der Waals surface area (Å²) in [6.07, 6.45) is 2.62. The van der Waals surface area contributed by atoms with Crippen LogP contribution in [-0.2, 0) is 9.47 Å². The molecule has 0 N–H and O–H groups in total. The van der Waals surface area contributed by atoms with E-state index in [1.807, 2.05) is 0 Å². The summed E-state index contributed by atoms with van der Waals surface area (Å²) in [5.41, 5.74) is 0.128. The Morgan fingerprint density at radius 1 is 1.46 bits per heavy atom. The van der Waals surface area contributed by atoms with E-state index in [2.05, 4.69) is 29.5 Å². The van der Waals surface area contributed by atoms with Crippen LogP contribution in [0.5, 0.6) is 0 Å². The molecule has 0 aromatic heterocycles. The highest BCUT2D eigenvalue weighted by molar-refractivity contribution is 14.1. The van der Waals surface area contributed by atoms with Crippen LogP contribution in [0.15, 0.2) is 0 Å². The van der Waals surface area contributed by atoms with Crippen LogP contribution in [-0.4, -0.2) is 22.9 Å². The standard InChI is InChI=1S/C10H15IO2/c1-6-7-2-8(9(6)11)10(3-7)4-12-5-13-10/h6-9H,2-5H2,1H3. The molecule has 2 nitrogen and oxygen atoms in total. The van der Waals surface area contributed by atoms with Gasteiger partial charge in [0, 0.05) is 9.84 Å². The van der Waals surface area contributed by atoms with Crippen LogP contribution >= 0.6 is 22.6 Å². The van der Waals surface area contributed by atoms with Crippen LogP contribution in [0, 0.1) is 17.8 Å². The Morgan fingerprint density at radius 2 is 2.31 bits per heavy atom. The summed E-state index contributed by atoms with van der Waals surface area (Å²) in [6, 6.07) is 0. The smallest absolute Gasteiger partial charge is 0.147 e. The van der Waals surface area contributed by atoms with Crippen LogP contribution in [0.25, 0.3) is 0 Å². The molecule has 2 saturated carbocycles. The van der Waals surface area contributed by atoms with Crippen molar-refractivity contribution in [3.8, 4) is 0 Å². The van der Waals surface area contributed by atoms with Gasteiger partial charge in [-0.25, -0.2) is 0 Å². The maximum atomic E-state index is 5.83. The first-order valence-corrected chi connectivity index (χ1v) is 6.33. The van der Waals surface area contributed by atoms with Crippen molar-refractivity contribution in [3.63, 3.8) is 0 Å². The zero-order valence-corrected chi connectivity index (χ0v) is 9.99. The first-order valence-electron chi connectivity index (χ1n) is 5.09. The van der Waals surface area contributed by atoms with E-state index < -0.39 is 0 Å². The summed E-state index contributed by atoms with van der Waals surface area (Å²) < 4.78 is 12.0. The van der Waals surface area contributed by atoms with Gasteiger partial charge in [0.15, 0.2) is 0 Å². The van der Waals surface area contributed by atoms with E-state index in [0.29, 0.717) is 6.79 Å². The fourth-order valence-electron chi connectivity index (χ4n) is 3.41. The highest BCUT2D eigenvalue weighted by atomic mass is 127. The van der Waals surface area contributed by atoms with Crippen LogP contribution in [0.2, 0.25) is 0 Å². The van der Waals surface area contributed by atoms with Gasteiger partial charge >= 0.3 is 0 Å². The second-order valence-corrected chi connectivity index (χ2v) is 6.22. The van der Waals surface area contributed by atoms with Crippen molar-refractivity contribution in [2.75, 3.05) is 13.4 Å². The van der Waals surface area contributed by atoms with E-state index in [1.165, 1.54) is 12.8 Å². The monoisotopic (exact) mass is 294 g/mol. The number of hydrogen-bond acceptors (Lipinski definition) is 2. The largest absolute Gasteiger partial charge is 0.352 e. The summed E-state index contributed by atoms with van der Waals surface area (Å²) in [5.74, 6) is 2.55. The Labute approximate surface area is 92.5 Å². The normalized spacial score (nSPS) is 59.5. The fourth-order valence-corrected chi connectivity index (χ4v) is 4.95. The number of halogens is 1. The molecule has 2 bridgehead atoms. The van der Waals surface area contributed by atoms with E-state index in [9.17, 15) is 0 Å². The lowest BCUT2D eigenvalue weighted by Gasteiger charge is -2.37. The van der Waals surface area contributed by atoms with Gasteiger partial charge in [-0.05, 0) is 24.7 Å². The van der Waals surface area contributed by atoms with Crippen molar-refractivity contribution in [1.29, 1.82) is 0 Å². The van der Waals surface area contributed by atoms with E-state index in [1.54, 1.807) is 0 Å². The molecule has 1 aliphatic heterocycles. The van der Waals surface area contributed by atoms with Crippen molar-refractivity contribution < 1.29 is 9.47 Å². The van der Waals surface area contributed by atoms with Crippen LogP contribution in [0.3, 0.4) is 0 Å². The summed E-state index contributed by atoms with van der Waals surface area (Å²) in [5, 5.41) is 0. The molecule has 0 aromatic rings. The zero-order chi connectivity index (χ0) is 9.05. The molecule has 3 aliphatic rings. The molecule has 1 saturated heterocycles. The van der Waals surface area contributed by atoms with Crippen molar-refractivity contribution in [1.82, 2.24) is 0 Å². The molecular weight excluding hydrogens is 279 g/mol. The predicted octanol–water partition coefficient (Wildman–Crippen LogP) is 2.21. The number of hydrogen-bond donors (Lipinski definition) is 0. The van der Waals surface area contributed by atoms with Gasteiger partial charge in [-0.3, -0.25) is 0 Å². The van der Waals surface area contributed by atoms with Gasteiger partial charge in [-0.2, -0.15) is 0 Å². The van der Waals surface area contributed by atoms with Crippen molar-refractivity contribution in [3.05, 3.63) is 0 Å². The lowest BCUT2D eigenvalue weighted by atomic mass is 9.80. The van der Waals surface area contributed by atoms with Crippen LogP contribution in [0.1, 0.15) is 19.8 Å². The molecule has 3 fully saturated rings. The van der Waals surface area contributed by atoms with Gasteiger partial charge in [-0.1, -0.05) is 29.5 Å². The molecule has 5 atom stereocenters. The lowest BCUT2D eigenvalue weighted by Crippen LogP contribution is -2.44. The minimum atomic E-state index is 0.128. The number of fused-ring (bicyclic) bond motifs is 3. The molecule has 13 heavy (non-hydrogen) atoms. The molecule has 1 spiro atoms. The van der Waals surface area contributed by atoms with Crippen molar-refractivity contribution in [2.45, 2.75) is 29.3 Å². The first-order chi connectivity index (χ1) is 6.23. The summed E-state index contributed by atoms with van der Waals surface area (Å²) >= 11 is 2.61. The number of rotatable bonds is 0. The highest BCUT2D eigenvalue weighted by Crippen LogP contribution is 2.58. The maximum absolute atomic E-state index is 5.83. The third kappa shape index (κ3) is 1.07. The Morgan fingerprint density at radius 3 is 2.85 bits per heavy atom. The zero-order valence-electron chi connectivity index (χ0n) is 7.83. The molecule has 0 radical (unpaired) electrons. The minimum Gasteiger partial charge on any atom is -0.352 e. The van der Waals surface area contributed by atoms with E-state index in [4.69, 9.17) is 9.47 Å². The molecule has 0 aromatic carbocycles. The predicted molar refractivity (Wildman–Crippen MR) is 57.8 cm³/mol. The average molecular weight is 294 g/mol. The Balaban J connectivity index is 1.89. The Bertz CT molecular complexity index is 223. The van der Waals surface area contributed by atoms with Gasteiger partial charge in [0.2, 0.25) is 0 Å². The second kappa shape index (κ2) is 2.83. The Kier molecular flexibility index (Phi) is 1.94. The molecule has 3 heteroatoms. The molecular formula is C10H15IO2. The lowest BCUT2D eigenvalue weighted by molar-refractivity contribution is -0.0434. The SMILES string of the molecule is CC1C2CC(C1I)C1(COCO1)C2. The Hall–Kier alpha value is 0.650. The van der Waals surface area contributed by atoms with Gasteiger partial charge in [0.1, 0.15) is 6.79 Å². The number of alkyl halides is 1. The summed E-state index contributed by atoms with van der Waals surface area (Å²) in [7, 11) is 0. The van der Waals surface area contributed by atoms with E-state index in [0.717, 1.165) is 28.3 Å². The minimum absolute atomic E-state index is 0.128. The highest BCUT2D eigenvalue weighted by Gasteiger charge is 2.60. The van der Waals surface area contributed by atoms with Crippen LogP contribution in [0.4, 0.5) is 0 Å². The van der Waals surface area contributed by atoms with Gasteiger partial charge < -0.3 is 9.47 Å². The average Bonchev–Trinajstić information content (AvgIpc) is 2.76. The number of ether oxygens (including phenoxy) is 2. The van der Waals surface area contributed by atoms with Gasteiger partial charge in [-0.15, -0.1) is 0 Å². The molecule has 74 valence electrons. The summed E-state index contributed by atoms with van der Waals surface area (Å²) in [6.45, 7) is 3.77. The van der Waals surface area contributed by atoms with Gasteiger partial charge in [0.25, 0.3) is 0 Å². The topological polar surface area (TPSA) is 18.5 Å². The first kappa shape index (κ1) is 8.92. The van der Waals surface area contributed by atoms with E-state index in [-0.39, 0.29) is 5.60 Å². The maximum Gasteiger partial charge on any atom is 0.147 e. The third-order valence-corrected chi connectivity index (χ3v) is 6.25. The summed E-state index contributed by atoms with van der Waals surface area (Å²) in [4.78, 5) is 0. The van der Waals surface area contributed by atoms with Crippen molar-refractivity contribution >= 4 is 22.6 Å². The van der Waals surface area contributed by atoms with Crippen molar-refractivity contribution in [2.24, 2.45) is 17.8 Å². The third-order valence-electron chi connectivity index (χ3n) is 4.25. The van der Waals surface area contributed by atoms with Crippen LogP contribution < -0.4 is 0 Å². The molecule has 5 unspecified atom stereocenters. The van der Waals surface area contributed by atoms with E-state index >= 15 is 0 Å². The molecule has 1 heterocycles. The quantitative estimate of drug-likeness (QED) is 0.504. The molecule has 3 rings (SSSR count). The molecule has 0 amide bonds. The van der Waals surface area contributed by atoms with Gasteiger partial charge in [0.05, 0.1) is 12.2 Å². The fraction of sp³-hybridized carbons (Fsp3) is 1.00.